The first-order valence-corrected chi connectivity index (χ1v) is 9.81. The third-order valence-electron chi connectivity index (χ3n) is 1.49. The molecule has 0 aliphatic carbocycles. The molecule has 15 heavy (non-hydrogen) atoms. The first-order valence-electron chi connectivity index (χ1n) is 3.81. The van der Waals surface area contributed by atoms with E-state index in [1.807, 2.05) is 0 Å². The minimum atomic E-state index is -0.378. The Labute approximate surface area is 106 Å². The Hall–Kier alpha value is 0.108. The molecule has 0 aromatic carbocycles. The third-order valence-corrected chi connectivity index (χ3v) is 13.2. The van der Waals surface area contributed by atoms with Crippen LogP contribution in [-0.4, -0.2) is 70.1 Å². The Kier molecular flexibility index (Phi) is 5.27. The van der Waals surface area contributed by atoms with Gasteiger partial charge in [-0.3, -0.25) is 0 Å². The summed E-state index contributed by atoms with van der Waals surface area (Å²) in [5.74, 6) is 1.34. The Morgan fingerprint density at radius 2 is 1.87 bits per heavy atom. The normalized spacial score (nSPS) is 9.80. The number of rotatable bonds is 3. The van der Waals surface area contributed by atoms with Gasteiger partial charge in [0, 0.05) is 0 Å². The van der Waals surface area contributed by atoms with Crippen LogP contribution < -0.4 is 2.21 Å². The maximum atomic E-state index is 11.4. The van der Waals surface area contributed by atoms with Crippen molar-refractivity contribution in [3.05, 3.63) is 8.87 Å². The fraction of sp³-hybridized carbons (Fsp3) is 0.375. The summed E-state index contributed by atoms with van der Waals surface area (Å²) in [5.41, 5.74) is 0. The molecule has 0 radical (unpaired) electrons. The van der Waals surface area contributed by atoms with Crippen LogP contribution in [0.4, 0.5) is 0 Å². The summed E-state index contributed by atoms with van der Waals surface area (Å²) in [7, 11) is 2.67. The number of hydrogen-bond donors (Lipinski definition) is 0. The van der Waals surface area contributed by atoms with Gasteiger partial charge in [-0.05, 0) is 0 Å². The van der Waals surface area contributed by atoms with Gasteiger partial charge in [-0.15, -0.1) is 0 Å². The van der Waals surface area contributed by atoms with Crippen LogP contribution >= 0.6 is 0 Å². The molecule has 0 unspecified atom stereocenters. The van der Waals surface area contributed by atoms with Crippen LogP contribution in [0.2, 0.25) is 5.82 Å². The van der Waals surface area contributed by atoms with Gasteiger partial charge in [-0.25, -0.2) is 0 Å². The summed E-state index contributed by atoms with van der Waals surface area (Å²) in [6.07, 6.45) is 0. The van der Waals surface area contributed by atoms with E-state index in [-0.39, 0.29) is 40.9 Å². The number of carbonyl (C=O) groups is 2. The summed E-state index contributed by atoms with van der Waals surface area (Å²) in [6, 6.07) is 0. The van der Waals surface area contributed by atoms with E-state index in [2.05, 4.69) is 15.3 Å². The van der Waals surface area contributed by atoms with Crippen molar-refractivity contribution in [1.82, 2.24) is 0 Å². The predicted octanol–water partition coefficient (Wildman–Crippen LogP) is -0.968. The van der Waals surface area contributed by atoms with Crippen molar-refractivity contribution >= 4 is 58.1 Å². The van der Waals surface area contributed by atoms with Crippen LogP contribution in [0.1, 0.15) is 18.5 Å². The van der Waals surface area contributed by atoms with Gasteiger partial charge in [0.15, 0.2) is 0 Å². The minimum absolute atomic E-state index is 0.00532. The second-order valence-electron chi connectivity index (χ2n) is 2.30. The molecule has 0 aliphatic heterocycles. The summed E-state index contributed by atoms with van der Waals surface area (Å²) >= 11 is 0.409. The summed E-state index contributed by atoms with van der Waals surface area (Å²) in [4.78, 5) is 22.9. The van der Waals surface area contributed by atoms with E-state index in [4.69, 9.17) is 0 Å². The Bertz CT molecular complexity index is 352. The van der Waals surface area contributed by atoms with Crippen LogP contribution in [0.25, 0.3) is 0 Å². The van der Waals surface area contributed by atoms with Gasteiger partial charge >= 0.3 is 106 Å². The van der Waals surface area contributed by atoms with E-state index in [0.717, 1.165) is 0 Å². The molecule has 0 bridgehead atoms. The van der Waals surface area contributed by atoms with Gasteiger partial charge in [0.2, 0.25) is 0 Å². The van der Waals surface area contributed by atoms with Crippen molar-refractivity contribution in [2.24, 2.45) is 0 Å². The van der Waals surface area contributed by atoms with Crippen molar-refractivity contribution in [3.8, 4) is 0 Å². The van der Waals surface area contributed by atoms with E-state index in [0.29, 0.717) is 23.8 Å². The van der Waals surface area contributed by atoms with Crippen LogP contribution in [0.3, 0.4) is 0 Å². The Morgan fingerprint density at radius 1 is 1.27 bits per heavy atom. The van der Waals surface area contributed by atoms with E-state index >= 15 is 0 Å². The summed E-state index contributed by atoms with van der Waals surface area (Å²) in [6.45, 7) is 0. The standard InChI is InChI=1S/C8H9O4Se3/c1-11-6(9)4-5(7(10)12-2)15-8(13-3)14-4/h1-3H3/q+1. The fourth-order valence-corrected chi connectivity index (χ4v) is 10.2. The van der Waals surface area contributed by atoms with Crippen molar-refractivity contribution in [2.45, 2.75) is 5.82 Å². The van der Waals surface area contributed by atoms with E-state index in [1.54, 1.807) is 0 Å². The number of esters is 2. The topological polar surface area (TPSA) is 52.6 Å². The second kappa shape index (κ2) is 6.00. The molecule has 1 heterocycles. The molecule has 0 N–H and O–H groups in total. The van der Waals surface area contributed by atoms with Crippen molar-refractivity contribution in [1.29, 1.82) is 0 Å². The molecule has 0 saturated carbocycles. The molecule has 4 nitrogen and oxygen atoms in total. The molecule has 1 aromatic heterocycles. The zero-order chi connectivity index (χ0) is 11.4. The molecule has 0 amide bonds. The van der Waals surface area contributed by atoms with Gasteiger partial charge in [-0.2, -0.15) is 0 Å². The molecule has 0 fully saturated rings. The van der Waals surface area contributed by atoms with Crippen LogP contribution in [-0.2, 0) is 9.47 Å². The number of methoxy groups -OCH3 is 2. The van der Waals surface area contributed by atoms with Crippen molar-refractivity contribution < 1.29 is 19.1 Å². The van der Waals surface area contributed by atoms with Gasteiger partial charge in [0.1, 0.15) is 0 Å². The molecular weight excluding hydrogens is 397 g/mol. The van der Waals surface area contributed by atoms with E-state index < -0.39 is 0 Å². The fourth-order valence-electron chi connectivity index (χ4n) is 0.818. The quantitative estimate of drug-likeness (QED) is 0.479. The zero-order valence-electron chi connectivity index (χ0n) is 8.36. The molecule has 82 valence electrons. The molecule has 0 aliphatic rings. The number of carbonyl (C=O) groups excluding carboxylic acids is 2. The molecule has 0 saturated heterocycles. The first kappa shape index (κ1) is 13.2. The maximum absolute atomic E-state index is 11.4. The Morgan fingerprint density at radius 3 is 2.33 bits per heavy atom. The molecule has 0 atom stereocenters. The molecule has 1 rings (SSSR count). The third kappa shape index (κ3) is 3.03. The molecule has 1 aromatic rings. The number of ether oxygens (including phenoxy) is 2. The average molecular weight is 406 g/mol. The van der Waals surface area contributed by atoms with Gasteiger partial charge in [0.05, 0.1) is 0 Å². The zero-order valence-corrected chi connectivity index (χ0v) is 13.5. The van der Waals surface area contributed by atoms with Gasteiger partial charge in [0.25, 0.3) is 0 Å². The first-order chi connectivity index (χ1) is 7.13. The predicted molar refractivity (Wildman–Crippen MR) is 58.7 cm³/mol. The SMILES string of the molecule is COC(=O)c1[se]c([Se]C)[se+]c1C(=O)OC. The van der Waals surface area contributed by atoms with E-state index in [9.17, 15) is 9.59 Å². The summed E-state index contributed by atoms with van der Waals surface area (Å²) < 4.78 is 11.8. The summed E-state index contributed by atoms with van der Waals surface area (Å²) in [5, 5.41) is 0. The Balaban J connectivity index is 3.17. The average Bonchev–Trinajstić information content (AvgIpc) is 2.70. The molecule has 0 spiro atoms. The van der Waals surface area contributed by atoms with Crippen LogP contribution in [0, 0.1) is 0 Å². The van der Waals surface area contributed by atoms with Crippen LogP contribution in [0.15, 0.2) is 0 Å². The molecular formula is C8H9O4Se3+. The monoisotopic (exact) mass is 409 g/mol. The van der Waals surface area contributed by atoms with Gasteiger partial charge in [-0.1, -0.05) is 0 Å². The van der Waals surface area contributed by atoms with Crippen LogP contribution in [0.5, 0.6) is 0 Å². The van der Waals surface area contributed by atoms with Crippen molar-refractivity contribution in [3.63, 3.8) is 0 Å². The second-order valence-corrected chi connectivity index (χ2v) is 12.2. The van der Waals surface area contributed by atoms with Crippen molar-refractivity contribution in [2.75, 3.05) is 14.2 Å². The van der Waals surface area contributed by atoms with Gasteiger partial charge < -0.3 is 0 Å². The van der Waals surface area contributed by atoms with E-state index in [1.165, 1.54) is 16.4 Å². The number of hydrogen-bond acceptors (Lipinski definition) is 4. The molecule has 7 heteroatoms.